The SMILES string of the molecule is CCCCCCCCCCCCCCCCCCCCCC(=O)O.CCCCCCCCCCCCCCCCCCCCCCCCCC(=O)O. The van der Waals surface area contributed by atoms with E-state index in [0.29, 0.717) is 12.8 Å². The first-order valence-corrected chi connectivity index (χ1v) is 24.0. The Morgan fingerprint density at radius 3 is 0.462 bits per heavy atom. The minimum atomic E-state index is -0.651. The van der Waals surface area contributed by atoms with Crippen LogP contribution in [-0.2, 0) is 9.59 Å². The van der Waals surface area contributed by atoms with Gasteiger partial charge in [0, 0.05) is 12.8 Å². The van der Waals surface area contributed by atoms with E-state index < -0.39 is 11.9 Å². The molecule has 0 heterocycles. The summed E-state index contributed by atoms with van der Waals surface area (Å²) in [6.45, 7) is 4.57. The Kier molecular flexibility index (Phi) is 50.9. The Labute approximate surface area is 327 Å². The summed E-state index contributed by atoms with van der Waals surface area (Å²) in [5.41, 5.74) is 0. The van der Waals surface area contributed by atoms with Crippen molar-refractivity contribution < 1.29 is 19.8 Å². The molecule has 2 N–H and O–H groups in total. The van der Waals surface area contributed by atoms with Gasteiger partial charge in [0.25, 0.3) is 0 Å². The van der Waals surface area contributed by atoms with Crippen LogP contribution in [0.5, 0.6) is 0 Å². The van der Waals surface area contributed by atoms with Gasteiger partial charge in [0.05, 0.1) is 0 Å². The smallest absolute Gasteiger partial charge is 0.303 e. The average Bonchev–Trinajstić information content (AvgIpc) is 3.13. The van der Waals surface area contributed by atoms with Crippen LogP contribution in [0.25, 0.3) is 0 Å². The summed E-state index contributed by atoms with van der Waals surface area (Å²) in [6, 6.07) is 0. The van der Waals surface area contributed by atoms with E-state index in [9.17, 15) is 9.59 Å². The number of hydrogen-bond donors (Lipinski definition) is 2. The summed E-state index contributed by atoms with van der Waals surface area (Å²) in [4.78, 5) is 20.8. The normalized spacial score (nSPS) is 11.1. The van der Waals surface area contributed by atoms with Gasteiger partial charge in [-0.1, -0.05) is 271 Å². The molecular weight excluding hydrogens is 641 g/mol. The van der Waals surface area contributed by atoms with E-state index in [1.807, 2.05) is 0 Å². The average molecular weight is 737 g/mol. The second kappa shape index (κ2) is 49.9. The fraction of sp³-hybridized carbons (Fsp3) is 0.958. The van der Waals surface area contributed by atoms with Crippen molar-refractivity contribution in [2.45, 2.75) is 296 Å². The highest BCUT2D eigenvalue weighted by Gasteiger charge is 1.99. The molecule has 312 valence electrons. The van der Waals surface area contributed by atoms with E-state index in [-0.39, 0.29) is 0 Å². The number of unbranched alkanes of at least 4 members (excludes halogenated alkanes) is 40. The third kappa shape index (κ3) is 55.7. The lowest BCUT2D eigenvalue weighted by Gasteiger charge is -2.04. The van der Waals surface area contributed by atoms with E-state index in [1.54, 1.807) is 0 Å². The van der Waals surface area contributed by atoms with Crippen molar-refractivity contribution in [2.75, 3.05) is 0 Å². The number of carboxylic acids is 2. The maximum atomic E-state index is 10.4. The Morgan fingerprint density at radius 2 is 0.346 bits per heavy atom. The summed E-state index contributed by atoms with van der Waals surface area (Å²) in [7, 11) is 0. The first-order valence-electron chi connectivity index (χ1n) is 24.0. The fourth-order valence-corrected chi connectivity index (χ4v) is 7.42. The molecule has 0 fully saturated rings. The molecule has 0 saturated heterocycles. The van der Waals surface area contributed by atoms with Crippen LogP contribution >= 0.6 is 0 Å². The molecular formula is C48H96O4. The summed E-state index contributed by atoms with van der Waals surface area (Å²) in [5.74, 6) is -1.30. The van der Waals surface area contributed by atoms with E-state index in [2.05, 4.69) is 13.8 Å². The number of aliphatic carboxylic acids is 2. The number of rotatable bonds is 44. The molecule has 0 radical (unpaired) electrons. The van der Waals surface area contributed by atoms with Gasteiger partial charge in [-0.05, 0) is 12.8 Å². The minimum Gasteiger partial charge on any atom is -0.481 e. The van der Waals surface area contributed by atoms with Gasteiger partial charge in [0.15, 0.2) is 0 Å². The lowest BCUT2D eigenvalue weighted by atomic mass is 10.0. The third-order valence-electron chi connectivity index (χ3n) is 11.0. The van der Waals surface area contributed by atoms with Crippen LogP contribution in [0.3, 0.4) is 0 Å². The molecule has 0 saturated carbocycles. The summed E-state index contributed by atoms with van der Waals surface area (Å²) in [6.07, 6.45) is 58.1. The fourth-order valence-electron chi connectivity index (χ4n) is 7.42. The molecule has 0 aliphatic rings. The van der Waals surface area contributed by atoms with Gasteiger partial charge in [-0.3, -0.25) is 9.59 Å². The first-order chi connectivity index (χ1) is 25.5. The Balaban J connectivity index is 0. The Hall–Kier alpha value is -1.06. The molecule has 0 spiro atoms. The van der Waals surface area contributed by atoms with Crippen LogP contribution in [0.2, 0.25) is 0 Å². The molecule has 4 heteroatoms. The van der Waals surface area contributed by atoms with Crippen molar-refractivity contribution in [3.05, 3.63) is 0 Å². The molecule has 52 heavy (non-hydrogen) atoms. The molecule has 0 aromatic carbocycles. The van der Waals surface area contributed by atoms with Gasteiger partial charge in [-0.2, -0.15) is 0 Å². The molecule has 0 rings (SSSR count). The van der Waals surface area contributed by atoms with Crippen molar-refractivity contribution in [3.8, 4) is 0 Å². The van der Waals surface area contributed by atoms with Crippen LogP contribution in [0.15, 0.2) is 0 Å². The molecule has 0 aliphatic carbocycles. The molecule has 0 aromatic heterocycles. The first kappa shape index (κ1) is 53.0. The number of hydrogen-bond acceptors (Lipinski definition) is 2. The highest BCUT2D eigenvalue weighted by Crippen LogP contribution is 2.17. The van der Waals surface area contributed by atoms with Crippen LogP contribution in [0, 0.1) is 0 Å². The quantitative estimate of drug-likeness (QED) is 0.0611. The molecule has 0 unspecified atom stereocenters. The zero-order valence-electron chi connectivity index (χ0n) is 35.8. The van der Waals surface area contributed by atoms with Crippen LogP contribution in [0.4, 0.5) is 0 Å². The number of carbonyl (C=O) groups is 2. The summed E-state index contributed by atoms with van der Waals surface area (Å²) >= 11 is 0. The maximum absolute atomic E-state index is 10.4. The lowest BCUT2D eigenvalue weighted by molar-refractivity contribution is -0.138. The highest BCUT2D eigenvalue weighted by molar-refractivity contribution is 5.66. The molecule has 0 aromatic rings. The van der Waals surface area contributed by atoms with E-state index >= 15 is 0 Å². The third-order valence-corrected chi connectivity index (χ3v) is 11.0. The van der Waals surface area contributed by atoms with Crippen molar-refractivity contribution in [1.82, 2.24) is 0 Å². The van der Waals surface area contributed by atoms with Crippen molar-refractivity contribution in [1.29, 1.82) is 0 Å². The predicted octanol–water partition coefficient (Wildman–Crippen LogP) is 17.3. The standard InChI is InChI=1S/C26H52O2.C22H44O2/c1-2-3-4-5-6-7-8-9-10-11-12-13-14-15-16-17-18-19-20-21-22-23-24-25-26(27)28;1-2-3-4-5-6-7-8-9-10-11-12-13-14-15-16-17-18-19-20-21-22(23)24/h2-25H2,1H3,(H,27,28);2-21H2,1H3,(H,23,24). The van der Waals surface area contributed by atoms with Gasteiger partial charge in [0.1, 0.15) is 0 Å². The molecule has 4 nitrogen and oxygen atoms in total. The van der Waals surface area contributed by atoms with Crippen LogP contribution in [0.1, 0.15) is 296 Å². The second-order valence-electron chi connectivity index (χ2n) is 16.4. The monoisotopic (exact) mass is 737 g/mol. The van der Waals surface area contributed by atoms with Gasteiger partial charge < -0.3 is 10.2 Å². The lowest BCUT2D eigenvalue weighted by Crippen LogP contribution is -1.93. The van der Waals surface area contributed by atoms with E-state index in [0.717, 1.165) is 25.7 Å². The highest BCUT2D eigenvalue weighted by atomic mass is 16.4. The zero-order valence-corrected chi connectivity index (χ0v) is 35.8. The van der Waals surface area contributed by atoms with Gasteiger partial charge in [0.2, 0.25) is 0 Å². The molecule has 0 amide bonds. The molecule has 0 bridgehead atoms. The van der Waals surface area contributed by atoms with Crippen LogP contribution < -0.4 is 0 Å². The van der Waals surface area contributed by atoms with Gasteiger partial charge in [-0.25, -0.2) is 0 Å². The van der Waals surface area contributed by atoms with Crippen molar-refractivity contribution in [2.24, 2.45) is 0 Å². The summed E-state index contributed by atoms with van der Waals surface area (Å²) < 4.78 is 0. The molecule has 0 atom stereocenters. The van der Waals surface area contributed by atoms with E-state index in [4.69, 9.17) is 10.2 Å². The van der Waals surface area contributed by atoms with Gasteiger partial charge >= 0.3 is 11.9 Å². The van der Waals surface area contributed by atoms with Gasteiger partial charge in [-0.15, -0.1) is 0 Å². The van der Waals surface area contributed by atoms with Crippen molar-refractivity contribution >= 4 is 11.9 Å². The van der Waals surface area contributed by atoms with Crippen molar-refractivity contribution in [3.63, 3.8) is 0 Å². The Morgan fingerprint density at radius 1 is 0.231 bits per heavy atom. The number of carboxylic acid groups (broad SMARTS) is 2. The zero-order chi connectivity index (χ0) is 38.3. The molecule has 0 aliphatic heterocycles. The predicted molar refractivity (Wildman–Crippen MR) is 230 cm³/mol. The maximum Gasteiger partial charge on any atom is 0.303 e. The van der Waals surface area contributed by atoms with E-state index in [1.165, 1.54) is 244 Å². The summed E-state index contributed by atoms with van der Waals surface area (Å²) in [5, 5.41) is 17.1. The topological polar surface area (TPSA) is 74.6 Å². The van der Waals surface area contributed by atoms with Crippen LogP contribution in [-0.4, -0.2) is 22.2 Å². The minimum absolute atomic E-state index is 0.346. The Bertz CT molecular complexity index is 663. The second-order valence-corrected chi connectivity index (χ2v) is 16.4. The largest absolute Gasteiger partial charge is 0.481 e.